The molecule has 1 amide bonds. The van der Waals surface area contributed by atoms with Gasteiger partial charge in [0.15, 0.2) is 0 Å². The standard InChI is InChI=1S/C14H27N3O/c1-11-10-16(3)8-9-17(11)13(18)12-6-4-5-7-14(12,2)15/h11-12H,4-10,15H2,1-3H3. The van der Waals surface area contributed by atoms with E-state index in [0.29, 0.717) is 11.9 Å². The topological polar surface area (TPSA) is 49.6 Å². The summed E-state index contributed by atoms with van der Waals surface area (Å²) in [7, 11) is 2.12. The molecular formula is C14H27N3O. The Kier molecular flexibility index (Phi) is 3.97. The second-order valence-electron chi connectivity index (χ2n) is 6.45. The Labute approximate surface area is 110 Å². The van der Waals surface area contributed by atoms with E-state index in [1.807, 2.05) is 0 Å². The van der Waals surface area contributed by atoms with Gasteiger partial charge in [0.05, 0.1) is 5.92 Å². The summed E-state index contributed by atoms with van der Waals surface area (Å²) in [6, 6.07) is 0.314. The highest BCUT2D eigenvalue weighted by Crippen LogP contribution is 2.33. The minimum atomic E-state index is -0.307. The van der Waals surface area contributed by atoms with Gasteiger partial charge in [-0.15, -0.1) is 0 Å². The third-order valence-electron chi connectivity index (χ3n) is 4.67. The summed E-state index contributed by atoms with van der Waals surface area (Å²) in [6.07, 6.45) is 4.25. The molecule has 2 N–H and O–H groups in total. The predicted octanol–water partition coefficient (Wildman–Crippen LogP) is 1.06. The van der Waals surface area contributed by atoms with Crippen molar-refractivity contribution in [3.63, 3.8) is 0 Å². The van der Waals surface area contributed by atoms with Crippen LogP contribution in [-0.2, 0) is 4.79 Å². The Bertz CT molecular complexity index is 316. The Balaban J connectivity index is 2.06. The van der Waals surface area contributed by atoms with Gasteiger partial charge < -0.3 is 15.5 Å². The van der Waals surface area contributed by atoms with E-state index in [4.69, 9.17) is 5.73 Å². The zero-order valence-corrected chi connectivity index (χ0v) is 12.0. The van der Waals surface area contributed by atoms with Crippen LogP contribution in [0.5, 0.6) is 0 Å². The second-order valence-corrected chi connectivity index (χ2v) is 6.45. The van der Waals surface area contributed by atoms with E-state index in [0.717, 1.165) is 45.3 Å². The number of hydrogen-bond acceptors (Lipinski definition) is 3. The van der Waals surface area contributed by atoms with Gasteiger partial charge in [0.1, 0.15) is 0 Å². The molecule has 1 aliphatic heterocycles. The van der Waals surface area contributed by atoms with E-state index in [1.54, 1.807) is 0 Å². The first kappa shape index (κ1) is 13.8. The van der Waals surface area contributed by atoms with Crippen LogP contribution in [0, 0.1) is 5.92 Å². The van der Waals surface area contributed by atoms with Gasteiger partial charge in [0, 0.05) is 31.2 Å². The minimum Gasteiger partial charge on any atom is -0.337 e. The summed E-state index contributed by atoms with van der Waals surface area (Å²) in [5.41, 5.74) is 6.04. The summed E-state index contributed by atoms with van der Waals surface area (Å²) >= 11 is 0. The third-order valence-corrected chi connectivity index (χ3v) is 4.67. The molecule has 0 aromatic rings. The highest BCUT2D eigenvalue weighted by molar-refractivity contribution is 5.80. The SMILES string of the molecule is CC1CN(C)CCN1C(=O)C1CCCCC1(C)N. The average Bonchev–Trinajstić information content (AvgIpc) is 2.27. The highest BCUT2D eigenvalue weighted by Gasteiger charge is 2.41. The Morgan fingerprint density at radius 2 is 2.06 bits per heavy atom. The summed E-state index contributed by atoms with van der Waals surface area (Å²) in [4.78, 5) is 17.1. The Morgan fingerprint density at radius 3 is 2.67 bits per heavy atom. The Morgan fingerprint density at radius 1 is 1.33 bits per heavy atom. The molecule has 4 heteroatoms. The average molecular weight is 253 g/mol. The molecule has 0 aromatic carbocycles. The number of piperazine rings is 1. The van der Waals surface area contributed by atoms with Crippen molar-refractivity contribution in [1.82, 2.24) is 9.80 Å². The number of carbonyl (C=O) groups is 1. The molecule has 1 aliphatic carbocycles. The molecule has 1 heterocycles. The number of nitrogens with zero attached hydrogens (tertiary/aromatic N) is 2. The van der Waals surface area contributed by atoms with Crippen molar-refractivity contribution < 1.29 is 4.79 Å². The first-order valence-electron chi connectivity index (χ1n) is 7.20. The second kappa shape index (κ2) is 5.17. The van der Waals surface area contributed by atoms with Gasteiger partial charge >= 0.3 is 0 Å². The van der Waals surface area contributed by atoms with Gasteiger partial charge in [-0.25, -0.2) is 0 Å². The van der Waals surface area contributed by atoms with Crippen LogP contribution in [0.1, 0.15) is 39.5 Å². The fourth-order valence-electron chi connectivity index (χ4n) is 3.43. The van der Waals surface area contributed by atoms with Gasteiger partial charge in [-0.1, -0.05) is 12.8 Å². The molecule has 2 aliphatic rings. The maximum Gasteiger partial charge on any atom is 0.227 e. The molecule has 4 nitrogen and oxygen atoms in total. The molecule has 0 aromatic heterocycles. The van der Waals surface area contributed by atoms with E-state index in [1.165, 1.54) is 0 Å². The van der Waals surface area contributed by atoms with Gasteiger partial charge in [-0.3, -0.25) is 4.79 Å². The van der Waals surface area contributed by atoms with Gasteiger partial charge in [0.25, 0.3) is 0 Å². The van der Waals surface area contributed by atoms with Crippen molar-refractivity contribution in [2.45, 2.75) is 51.1 Å². The van der Waals surface area contributed by atoms with Crippen molar-refractivity contribution in [3.8, 4) is 0 Å². The van der Waals surface area contributed by atoms with Crippen molar-refractivity contribution >= 4 is 5.91 Å². The number of hydrogen-bond donors (Lipinski definition) is 1. The summed E-state index contributed by atoms with van der Waals surface area (Å²) in [6.45, 7) is 6.99. The molecule has 0 spiro atoms. The molecule has 3 unspecified atom stereocenters. The molecule has 18 heavy (non-hydrogen) atoms. The summed E-state index contributed by atoms with van der Waals surface area (Å²) < 4.78 is 0. The van der Waals surface area contributed by atoms with E-state index < -0.39 is 0 Å². The lowest BCUT2D eigenvalue weighted by Crippen LogP contribution is -2.59. The lowest BCUT2D eigenvalue weighted by atomic mass is 9.73. The molecule has 1 saturated heterocycles. The third kappa shape index (κ3) is 2.69. The molecule has 3 atom stereocenters. The monoisotopic (exact) mass is 253 g/mol. The quantitative estimate of drug-likeness (QED) is 0.760. The zero-order chi connectivity index (χ0) is 13.3. The van der Waals surface area contributed by atoms with Crippen molar-refractivity contribution in [3.05, 3.63) is 0 Å². The van der Waals surface area contributed by atoms with Crippen LogP contribution < -0.4 is 5.73 Å². The van der Waals surface area contributed by atoms with Crippen LogP contribution in [0.3, 0.4) is 0 Å². The van der Waals surface area contributed by atoms with Crippen LogP contribution in [0.2, 0.25) is 0 Å². The number of nitrogens with two attached hydrogens (primary N) is 1. The van der Waals surface area contributed by atoms with E-state index in [-0.39, 0.29) is 11.5 Å². The molecule has 0 bridgehead atoms. The minimum absolute atomic E-state index is 0.0251. The first-order chi connectivity index (χ1) is 8.42. The normalized spacial score (nSPS) is 38.8. The van der Waals surface area contributed by atoms with Crippen LogP contribution >= 0.6 is 0 Å². The Hall–Kier alpha value is -0.610. The molecule has 2 fully saturated rings. The number of likely N-dealkylation sites (N-methyl/N-ethyl adjacent to an activating group) is 1. The fraction of sp³-hybridized carbons (Fsp3) is 0.929. The largest absolute Gasteiger partial charge is 0.337 e. The molecule has 104 valence electrons. The maximum atomic E-state index is 12.7. The van der Waals surface area contributed by atoms with Crippen LogP contribution in [0.4, 0.5) is 0 Å². The highest BCUT2D eigenvalue weighted by atomic mass is 16.2. The van der Waals surface area contributed by atoms with Gasteiger partial charge in [-0.2, -0.15) is 0 Å². The lowest BCUT2D eigenvalue weighted by Gasteiger charge is -2.44. The van der Waals surface area contributed by atoms with Gasteiger partial charge in [-0.05, 0) is 33.7 Å². The smallest absolute Gasteiger partial charge is 0.227 e. The molecule has 0 radical (unpaired) electrons. The van der Waals surface area contributed by atoms with Crippen molar-refractivity contribution in [2.24, 2.45) is 11.7 Å². The van der Waals surface area contributed by atoms with Crippen LogP contribution in [0.15, 0.2) is 0 Å². The van der Waals surface area contributed by atoms with Crippen molar-refractivity contribution in [2.75, 3.05) is 26.7 Å². The van der Waals surface area contributed by atoms with Crippen LogP contribution in [-0.4, -0.2) is 54.0 Å². The zero-order valence-electron chi connectivity index (χ0n) is 12.0. The number of carbonyl (C=O) groups excluding carboxylic acids is 1. The number of rotatable bonds is 1. The maximum absolute atomic E-state index is 12.7. The van der Waals surface area contributed by atoms with E-state index >= 15 is 0 Å². The van der Waals surface area contributed by atoms with Crippen molar-refractivity contribution in [1.29, 1.82) is 0 Å². The predicted molar refractivity (Wildman–Crippen MR) is 73.2 cm³/mol. The van der Waals surface area contributed by atoms with Gasteiger partial charge in [0.2, 0.25) is 5.91 Å². The van der Waals surface area contributed by atoms with E-state index in [9.17, 15) is 4.79 Å². The fourth-order valence-corrected chi connectivity index (χ4v) is 3.43. The van der Waals surface area contributed by atoms with Crippen LogP contribution in [0.25, 0.3) is 0 Å². The number of amides is 1. The first-order valence-corrected chi connectivity index (χ1v) is 7.20. The molecule has 1 saturated carbocycles. The lowest BCUT2D eigenvalue weighted by molar-refractivity contribution is -0.143. The molecular weight excluding hydrogens is 226 g/mol. The summed E-state index contributed by atoms with van der Waals surface area (Å²) in [5, 5.41) is 0. The summed E-state index contributed by atoms with van der Waals surface area (Å²) in [5.74, 6) is 0.317. The van der Waals surface area contributed by atoms with E-state index in [2.05, 4.69) is 30.7 Å². The molecule has 2 rings (SSSR count).